The molecule has 1 aromatic rings. The Balaban J connectivity index is 3.23. The van der Waals surface area contributed by atoms with Gasteiger partial charge in [-0.05, 0) is 11.2 Å². The quantitative estimate of drug-likeness (QED) is 0.461. The molecule has 0 unspecified atom stereocenters. The van der Waals surface area contributed by atoms with Gasteiger partial charge in [0.1, 0.15) is 5.82 Å². The van der Waals surface area contributed by atoms with Crippen LogP contribution >= 0.6 is 0 Å². The van der Waals surface area contributed by atoms with Gasteiger partial charge in [0.15, 0.2) is 17.7 Å². The zero-order valence-electron chi connectivity index (χ0n) is 7.42. The summed E-state index contributed by atoms with van der Waals surface area (Å²) in [4.78, 5) is 20.4. The molecule has 4 nitrogen and oxygen atoms in total. The first-order chi connectivity index (χ1) is 7.37. The monoisotopic (exact) mass is 237 g/mol. The number of carbonyl (C=O) groups is 1. The second kappa shape index (κ2) is 4.25. The minimum atomic E-state index is -5.07. The second-order valence-electron chi connectivity index (χ2n) is 2.60. The lowest BCUT2D eigenvalue weighted by Crippen LogP contribution is -2.17. The minimum Gasteiger partial charge on any atom is -0.403 e. The Bertz CT molecular complexity index is 430. The van der Waals surface area contributed by atoms with Crippen LogP contribution in [0.4, 0.5) is 23.2 Å². The molecule has 0 atom stereocenters. The molecule has 0 aliphatic heterocycles. The summed E-state index contributed by atoms with van der Waals surface area (Å²) >= 11 is 0. The molecule has 0 fully saturated rings. The van der Waals surface area contributed by atoms with Gasteiger partial charge in [0.2, 0.25) is 0 Å². The number of alkyl halides is 3. The van der Waals surface area contributed by atoms with Crippen LogP contribution in [0.5, 0.6) is 5.75 Å². The third-order valence-corrected chi connectivity index (χ3v) is 1.53. The van der Waals surface area contributed by atoms with Crippen LogP contribution in [0.2, 0.25) is 0 Å². The third kappa shape index (κ3) is 2.75. The molecule has 86 valence electrons. The predicted octanol–water partition coefficient (Wildman–Crippen LogP) is 2.93. The molecule has 1 aromatic carbocycles. The average molecular weight is 237 g/mol. The number of ether oxygens (including phenoxy) is 1. The zero-order chi connectivity index (χ0) is 12.3. The maximum Gasteiger partial charge on any atom is 0.573 e. The fraction of sp³-hybridized carbons (Fsp3) is 0.125. The van der Waals surface area contributed by atoms with Crippen molar-refractivity contribution in [2.75, 3.05) is 0 Å². The number of nitrogens with zero attached hydrogens (tertiary/aromatic N) is 1. The molecular weight excluding hydrogens is 234 g/mol. The first-order valence-corrected chi connectivity index (χ1v) is 3.75. The highest BCUT2D eigenvalue weighted by Gasteiger charge is 2.33. The molecule has 0 aliphatic carbocycles. The van der Waals surface area contributed by atoms with Gasteiger partial charge in [-0.3, -0.25) is 4.79 Å². The average Bonchev–Trinajstić information content (AvgIpc) is 2.16. The molecule has 0 aromatic heterocycles. The summed E-state index contributed by atoms with van der Waals surface area (Å²) in [5, 5.41) is 2.20. The van der Waals surface area contributed by atoms with E-state index in [1.807, 2.05) is 0 Å². The topological polar surface area (TPSA) is 55.7 Å². The molecule has 1 rings (SSSR count). The maximum absolute atomic E-state index is 12.9. The van der Waals surface area contributed by atoms with Gasteiger partial charge >= 0.3 is 6.36 Å². The Morgan fingerprint density at radius 2 is 1.94 bits per heavy atom. The zero-order valence-corrected chi connectivity index (χ0v) is 7.42. The van der Waals surface area contributed by atoms with Crippen LogP contribution in [0.3, 0.4) is 0 Å². The molecular formula is C8H3F4NO3. The molecule has 0 heterocycles. The van der Waals surface area contributed by atoms with Crippen molar-refractivity contribution < 1.29 is 27.1 Å². The van der Waals surface area contributed by atoms with E-state index >= 15 is 0 Å². The maximum atomic E-state index is 12.9. The fourth-order valence-electron chi connectivity index (χ4n) is 0.928. The van der Waals surface area contributed by atoms with E-state index in [0.717, 1.165) is 0 Å². The van der Waals surface area contributed by atoms with Crippen molar-refractivity contribution in [2.24, 2.45) is 5.18 Å². The molecule has 0 saturated heterocycles. The lowest BCUT2D eigenvalue weighted by atomic mass is 10.2. The van der Waals surface area contributed by atoms with Crippen LogP contribution in [0.25, 0.3) is 0 Å². The summed E-state index contributed by atoms with van der Waals surface area (Å²) in [6.45, 7) is 0. The fourth-order valence-corrected chi connectivity index (χ4v) is 0.928. The van der Waals surface area contributed by atoms with Gasteiger partial charge in [-0.15, -0.1) is 18.1 Å². The van der Waals surface area contributed by atoms with E-state index in [-0.39, 0.29) is 12.4 Å². The molecule has 0 bridgehead atoms. The molecule has 0 amide bonds. The van der Waals surface area contributed by atoms with E-state index in [2.05, 4.69) is 9.91 Å². The Labute approximate surface area is 85.8 Å². The Morgan fingerprint density at radius 1 is 1.31 bits per heavy atom. The third-order valence-electron chi connectivity index (χ3n) is 1.53. The molecule has 0 saturated carbocycles. The first-order valence-electron chi connectivity index (χ1n) is 3.75. The van der Waals surface area contributed by atoms with E-state index in [1.165, 1.54) is 0 Å². The van der Waals surface area contributed by atoms with Crippen LogP contribution in [-0.4, -0.2) is 12.6 Å². The predicted molar refractivity (Wildman–Crippen MR) is 43.9 cm³/mol. The van der Waals surface area contributed by atoms with Gasteiger partial charge < -0.3 is 4.74 Å². The van der Waals surface area contributed by atoms with Crippen LogP contribution in [0.1, 0.15) is 10.4 Å². The van der Waals surface area contributed by atoms with Gasteiger partial charge in [-0.25, -0.2) is 4.39 Å². The first kappa shape index (κ1) is 12.1. The number of halogens is 4. The minimum absolute atomic E-state index is 0.0430. The van der Waals surface area contributed by atoms with Gasteiger partial charge in [0.05, 0.1) is 5.56 Å². The number of rotatable bonds is 3. The smallest absolute Gasteiger partial charge is 0.403 e. The highest BCUT2D eigenvalue weighted by molar-refractivity contribution is 5.78. The van der Waals surface area contributed by atoms with Gasteiger partial charge in [-0.1, -0.05) is 0 Å². The van der Waals surface area contributed by atoms with E-state index < -0.39 is 29.2 Å². The van der Waals surface area contributed by atoms with Crippen LogP contribution < -0.4 is 4.74 Å². The van der Waals surface area contributed by atoms with Crippen molar-refractivity contribution in [3.8, 4) is 5.75 Å². The van der Waals surface area contributed by atoms with Gasteiger partial charge in [0.25, 0.3) is 0 Å². The van der Waals surface area contributed by atoms with Crippen molar-refractivity contribution in [1.29, 1.82) is 0 Å². The number of aldehydes is 1. The highest BCUT2D eigenvalue weighted by atomic mass is 19.4. The number of hydrogen-bond donors (Lipinski definition) is 0. The number of hydrogen-bond acceptors (Lipinski definition) is 4. The molecule has 0 radical (unpaired) electrons. The number of nitroso groups, excluding NO2 is 1. The molecule has 0 spiro atoms. The summed E-state index contributed by atoms with van der Waals surface area (Å²) in [7, 11) is 0. The van der Waals surface area contributed by atoms with Gasteiger partial charge in [-0.2, -0.15) is 0 Å². The second-order valence-corrected chi connectivity index (χ2v) is 2.60. The Hall–Kier alpha value is -1.99. The van der Waals surface area contributed by atoms with Crippen LogP contribution in [0, 0.1) is 10.7 Å². The summed E-state index contributed by atoms with van der Waals surface area (Å²) in [6.07, 6.45) is -5.03. The van der Waals surface area contributed by atoms with Crippen molar-refractivity contribution in [1.82, 2.24) is 0 Å². The number of carbonyl (C=O) groups excluding carboxylic acids is 1. The van der Waals surface area contributed by atoms with E-state index in [1.54, 1.807) is 0 Å². The van der Waals surface area contributed by atoms with Crippen molar-refractivity contribution in [3.63, 3.8) is 0 Å². The summed E-state index contributed by atoms with van der Waals surface area (Å²) in [6, 6.07) is 0.838. The van der Waals surface area contributed by atoms with E-state index in [0.29, 0.717) is 6.07 Å². The standard InChI is InChI=1S/C8H3F4NO3/c9-5-2-7(16-8(10,11)12)6(13-15)1-4(5)3-14/h1-3H. The highest BCUT2D eigenvalue weighted by Crippen LogP contribution is 2.34. The Morgan fingerprint density at radius 3 is 2.38 bits per heavy atom. The van der Waals surface area contributed by atoms with Crippen molar-refractivity contribution in [2.45, 2.75) is 6.36 Å². The summed E-state index contributed by atoms with van der Waals surface area (Å²) < 4.78 is 51.7. The van der Waals surface area contributed by atoms with E-state index in [4.69, 9.17) is 0 Å². The molecule has 0 N–H and O–H groups in total. The van der Waals surface area contributed by atoms with Crippen LogP contribution in [0.15, 0.2) is 17.3 Å². The van der Waals surface area contributed by atoms with E-state index in [9.17, 15) is 27.3 Å². The largest absolute Gasteiger partial charge is 0.573 e. The SMILES string of the molecule is O=Cc1cc(N=O)c(OC(F)(F)F)cc1F. The van der Waals surface area contributed by atoms with Crippen molar-refractivity contribution >= 4 is 12.0 Å². The summed E-state index contributed by atoms with van der Waals surface area (Å²) in [5.74, 6) is -2.33. The normalized spacial score (nSPS) is 11.0. The number of benzene rings is 1. The summed E-state index contributed by atoms with van der Waals surface area (Å²) in [5.41, 5.74) is -1.38. The molecule has 8 heteroatoms. The van der Waals surface area contributed by atoms with Crippen LogP contribution in [-0.2, 0) is 0 Å². The lowest BCUT2D eigenvalue weighted by molar-refractivity contribution is -0.274. The molecule has 0 aliphatic rings. The molecule has 16 heavy (non-hydrogen) atoms. The lowest BCUT2D eigenvalue weighted by Gasteiger charge is -2.10. The Kier molecular flexibility index (Phi) is 3.21. The van der Waals surface area contributed by atoms with Gasteiger partial charge in [0, 0.05) is 6.07 Å². The van der Waals surface area contributed by atoms with Crippen molar-refractivity contribution in [3.05, 3.63) is 28.4 Å².